The lowest BCUT2D eigenvalue weighted by atomic mass is 10.1. The van der Waals surface area contributed by atoms with Gasteiger partial charge in [0.15, 0.2) is 0 Å². The van der Waals surface area contributed by atoms with E-state index in [1.807, 2.05) is 29.2 Å². The van der Waals surface area contributed by atoms with Gasteiger partial charge in [0, 0.05) is 38.7 Å². The van der Waals surface area contributed by atoms with Gasteiger partial charge in [-0.15, -0.1) is 0 Å². The predicted octanol–water partition coefficient (Wildman–Crippen LogP) is 3.54. The van der Waals surface area contributed by atoms with Gasteiger partial charge in [0.25, 0.3) is 0 Å². The summed E-state index contributed by atoms with van der Waals surface area (Å²) >= 11 is 0. The van der Waals surface area contributed by atoms with Crippen LogP contribution in [-0.2, 0) is 16.0 Å². The first kappa shape index (κ1) is 21.6. The smallest absolute Gasteiger partial charge is 0.246 e. The molecule has 1 heterocycles. The summed E-state index contributed by atoms with van der Waals surface area (Å²) in [4.78, 5) is 28.7. The Kier molecular flexibility index (Phi) is 7.60. The second-order valence-electron chi connectivity index (χ2n) is 7.29. The highest BCUT2D eigenvalue weighted by atomic mass is 19.1. The van der Waals surface area contributed by atoms with Crippen LogP contribution in [-0.4, -0.2) is 54.9 Å². The number of methoxy groups -OCH3 is 1. The van der Waals surface area contributed by atoms with Crippen LogP contribution >= 0.6 is 0 Å². The summed E-state index contributed by atoms with van der Waals surface area (Å²) in [7, 11) is 1.63. The van der Waals surface area contributed by atoms with Gasteiger partial charge in [0.2, 0.25) is 11.8 Å². The fourth-order valence-corrected chi connectivity index (χ4v) is 3.44. The summed E-state index contributed by atoms with van der Waals surface area (Å²) in [6.07, 6.45) is 5.08. The molecule has 30 heavy (non-hydrogen) atoms. The highest BCUT2D eigenvalue weighted by molar-refractivity contribution is 5.91. The molecule has 3 rings (SSSR count). The Hall–Kier alpha value is -3.15. The van der Waals surface area contributed by atoms with Crippen molar-refractivity contribution in [1.82, 2.24) is 9.80 Å². The number of benzene rings is 2. The molecule has 1 saturated heterocycles. The molecule has 0 aliphatic carbocycles. The van der Waals surface area contributed by atoms with E-state index in [0.29, 0.717) is 39.0 Å². The van der Waals surface area contributed by atoms with E-state index in [9.17, 15) is 14.0 Å². The quantitative estimate of drug-likeness (QED) is 0.685. The van der Waals surface area contributed by atoms with Crippen LogP contribution in [0.5, 0.6) is 5.75 Å². The predicted molar refractivity (Wildman–Crippen MR) is 115 cm³/mol. The summed E-state index contributed by atoms with van der Waals surface area (Å²) < 4.78 is 18.1. The van der Waals surface area contributed by atoms with Gasteiger partial charge in [0.05, 0.1) is 7.11 Å². The molecule has 2 aromatic rings. The number of rotatable bonds is 6. The van der Waals surface area contributed by atoms with Crippen molar-refractivity contribution in [3.05, 3.63) is 71.6 Å². The molecule has 0 saturated carbocycles. The van der Waals surface area contributed by atoms with Crippen LogP contribution in [0.4, 0.5) is 4.39 Å². The molecule has 158 valence electrons. The molecule has 2 amide bonds. The van der Waals surface area contributed by atoms with Crippen molar-refractivity contribution >= 4 is 17.9 Å². The van der Waals surface area contributed by atoms with Gasteiger partial charge in [-0.1, -0.05) is 24.3 Å². The summed E-state index contributed by atoms with van der Waals surface area (Å²) in [6, 6.07) is 13.7. The monoisotopic (exact) mass is 410 g/mol. The molecule has 6 heteroatoms. The first-order valence-electron chi connectivity index (χ1n) is 10.2. The van der Waals surface area contributed by atoms with E-state index in [0.717, 1.165) is 23.3 Å². The average molecular weight is 410 g/mol. The maximum absolute atomic E-state index is 13.0. The zero-order valence-corrected chi connectivity index (χ0v) is 17.2. The highest BCUT2D eigenvalue weighted by Gasteiger charge is 2.20. The number of carbonyl (C=O) groups excluding carboxylic acids is 2. The van der Waals surface area contributed by atoms with Crippen molar-refractivity contribution in [2.45, 2.75) is 19.3 Å². The zero-order valence-electron chi connectivity index (χ0n) is 17.2. The lowest BCUT2D eigenvalue weighted by Gasteiger charge is -2.21. The SMILES string of the molecule is COc1ccc(CCC(=O)N2CCCN(C(=O)/C=C/c3ccc(F)cc3)CC2)cc1. The lowest BCUT2D eigenvalue weighted by molar-refractivity contribution is -0.132. The van der Waals surface area contributed by atoms with Crippen LogP contribution in [0.2, 0.25) is 0 Å². The molecule has 0 aromatic heterocycles. The molecule has 0 bridgehead atoms. The van der Waals surface area contributed by atoms with Gasteiger partial charge in [-0.2, -0.15) is 0 Å². The largest absolute Gasteiger partial charge is 0.497 e. The fraction of sp³-hybridized carbons (Fsp3) is 0.333. The standard InChI is InChI=1S/C24H27FN2O3/c1-30-22-11-5-20(6-12-22)8-14-24(29)27-16-2-15-26(17-18-27)23(28)13-7-19-3-9-21(25)10-4-19/h3-7,9-13H,2,8,14-18H2,1H3/b13-7+. The Balaban J connectivity index is 1.47. The molecule has 1 aliphatic rings. The summed E-state index contributed by atoms with van der Waals surface area (Å²) in [5.41, 5.74) is 1.87. The van der Waals surface area contributed by atoms with Gasteiger partial charge >= 0.3 is 0 Å². The van der Waals surface area contributed by atoms with Gasteiger partial charge < -0.3 is 14.5 Å². The number of carbonyl (C=O) groups is 2. The summed E-state index contributed by atoms with van der Waals surface area (Å²) in [5, 5.41) is 0. The van der Waals surface area contributed by atoms with Crippen molar-refractivity contribution in [2.75, 3.05) is 33.3 Å². The molecule has 1 aliphatic heterocycles. The highest BCUT2D eigenvalue weighted by Crippen LogP contribution is 2.14. The van der Waals surface area contributed by atoms with E-state index < -0.39 is 0 Å². The number of nitrogens with zero attached hydrogens (tertiary/aromatic N) is 2. The number of aryl methyl sites for hydroxylation is 1. The Morgan fingerprint density at radius 1 is 0.967 bits per heavy atom. The summed E-state index contributed by atoms with van der Waals surface area (Å²) in [5.74, 6) is 0.521. The molecular weight excluding hydrogens is 383 g/mol. The zero-order chi connectivity index (χ0) is 21.3. The van der Waals surface area contributed by atoms with Gasteiger partial charge in [-0.25, -0.2) is 4.39 Å². The van der Waals surface area contributed by atoms with Crippen LogP contribution in [0.1, 0.15) is 24.0 Å². The minimum atomic E-state index is -0.303. The normalized spacial score (nSPS) is 14.6. The maximum Gasteiger partial charge on any atom is 0.246 e. The molecule has 0 radical (unpaired) electrons. The van der Waals surface area contributed by atoms with E-state index in [1.165, 1.54) is 18.2 Å². The van der Waals surface area contributed by atoms with Crippen molar-refractivity contribution < 1.29 is 18.7 Å². The van der Waals surface area contributed by atoms with E-state index in [1.54, 1.807) is 30.2 Å². The molecule has 5 nitrogen and oxygen atoms in total. The van der Waals surface area contributed by atoms with Gasteiger partial charge in [-0.3, -0.25) is 9.59 Å². The Labute approximate surface area is 176 Å². The van der Waals surface area contributed by atoms with E-state index >= 15 is 0 Å². The molecule has 2 aromatic carbocycles. The summed E-state index contributed by atoms with van der Waals surface area (Å²) in [6.45, 7) is 2.33. The Bertz CT molecular complexity index is 878. The number of ether oxygens (including phenoxy) is 1. The van der Waals surface area contributed by atoms with Gasteiger partial charge in [-0.05, 0) is 54.3 Å². The average Bonchev–Trinajstić information content (AvgIpc) is 3.04. The lowest BCUT2D eigenvalue weighted by Crippen LogP contribution is -2.36. The Morgan fingerprint density at radius 2 is 1.63 bits per heavy atom. The fourth-order valence-electron chi connectivity index (χ4n) is 3.44. The number of hydrogen-bond acceptors (Lipinski definition) is 3. The third-order valence-electron chi connectivity index (χ3n) is 5.24. The van der Waals surface area contributed by atoms with Crippen LogP contribution in [0.25, 0.3) is 6.08 Å². The van der Waals surface area contributed by atoms with Crippen LogP contribution < -0.4 is 4.74 Å². The molecule has 0 spiro atoms. The van der Waals surface area contributed by atoms with E-state index in [4.69, 9.17) is 4.74 Å². The molecule has 0 N–H and O–H groups in total. The second-order valence-corrected chi connectivity index (χ2v) is 7.29. The Morgan fingerprint density at radius 3 is 2.33 bits per heavy atom. The first-order valence-corrected chi connectivity index (χ1v) is 10.2. The van der Waals surface area contributed by atoms with Crippen molar-refractivity contribution in [1.29, 1.82) is 0 Å². The molecule has 0 unspecified atom stereocenters. The van der Waals surface area contributed by atoms with Crippen LogP contribution in [0.3, 0.4) is 0 Å². The third kappa shape index (κ3) is 6.17. The minimum absolute atomic E-state index is 0.0909. The van der Waals surface area contributed by atoms with Crippen molar-refractivity contribution in [2.24, 2.45) is 0 Å². The maximum atomic E-state index is 13.0. The molecule has 0 atom stereocenters. The van der Waals surface area contributed by atoms with E-state index in [-0.39, 0.29) is 17.6 Å². The van der Waals surface area contributed by atoms with Gasteiger partial charge in [0.1, 0.15) is 11.6 Å². The third-order valence-corrected chi connectivity index (χ3v) is 5.24. The van der Waals surface area contributed by atoms with E-state index in [2.05, 4.69) is 0 Å². The van der Waals surface area contributed by atoms with Crippen LogP contribution in [0, 0.1) is 5.82 Å². The van der Waals surface area contributed by atoms with Crippen molar-refractivity contribution in [3.8, 4) is 5.75 Å². The van der Waals surface area contributed by atoms with Crippen LogP contribution in [0.15, 0.2) is 54.6 Å². The van der Waals surface area contributed by atoms with Crippen molar-refractivity contribution in [3.63, 3.8) is 0 Å². The minimum Gasteiger partial charge on any atom is -0.497 e. The first-order chi connectivity index (χ1) is 14.5. The second kappa shape index (κ2) is 10.6. The number of hydrogen-bond donors (Lipinski definition) is 0. The number of amides is 2. The molecule has 1 fully saturated rings. The number of halogens is 1. The molecular formula is C24H27FN2O3. The topological polar surface area (TPSA) is 49.9 Å².